The van der Waals surface area contributed by atoms with Crippen LogP contribution in [0.1, 0.15) is 42.0 Å². The van der Waals surface area contributed by atoms with Gasteiger partial charge in [-0.2, -0.15) is 0 Å². The Hall–Kier alpha value is -0.680. The number of hydrogen-bond donors (Lipinski definition) is 1. The smallest absolute Gasteiger partial charge is 0.118 e. The molecule has 1 aromatic carbocycles. The van der Waals surface area contributed by atoms with Crippen LogP contribution in [-0.2, 0) is 0 Å². The fraction of sp³-hybridized carbons (Fsp3) is 0.333. The highest BCUT2D eigenvalue weighted by Crippen LogP contribution is 2.36. The van der Waals surface area contributed by atoms with E-state index in [0.29, 0.717) is 20.5 Å². The van der Waals surface area contributed by atoms with Gasteiger partial charge in [-0.15, -0.1) is 5.10 Å². The van der Waals surface area contributed by atoms with E-state index in [1.54, 1.807) is 18.2 Å². The molecule has 2 rings (SSSR count). The SMILES string of the molecule is CC(C)c1nnsc1C(O)c1cccc(Cl)c1Cl. The average Bonchev–Trinajstić information content (AvgIpc) is 2.81. The molecule has 2 aromatic rings. The Morgan fingerprint density at radius 1 is 1.28 bits per heavy atom. The summed E-state index contributed by atoms with van der Waals surface area (Å²) in [6.07, 6.45) is -0.839. The standard InChI is InChI=1S/C12H12Cl2N2OS/c1-6(2)10-12(18-16-15-10)11(17)7-4-3-5-8(13)9(7)14/h3-6,11,17H,1-2H3. The van der Waals surface area contributed by atoms with Crippen molar-refractivity contribution in [3.8, 4) is 0 Å². The number of hydrogen-bond acceptors (Lipinski definition) is 4. The van der Waals surface area contributed by atoms with Gasteiger partial charge in [-0.05, 0) is 23.5 Å². The third-order valence-electron chi connectivity index (χ3n) is 2.61. The van der Waals surface area contributed by atoms with Gasteiger partial charge >= 0.3 is 0 Å². The van der Waals surface area contributed by atoms with E-state index in [2.05, 4.69) is 9.59 Å². The highest BCUT2D eigenvalue weighted by Gasteiger charge is 2.23. The zero-order valence-corrected chi connectivity index (χ0v) is 12.2. The van der Waals surface area contributed by atoms with Crippen molar-refractivity contribution in [2.75, 3.05) is 0 Å². The maximum Gasteiger partial charge on any atom is 0.118 e. The minimum atomic E-state index is -0.839. The number of aliphatic hydroxyl groups excluding tert-OH is 1. The Kier molecular flexibility index (Phi) is 4.22. The number of nitrogens with zero attached hydrogens (tertiary/aromatic N) is 2. The molecule has 0 radical (unpaired) electrons. The van der Waals surface area contributed by atoms with E-state index >= 15 is 0 Å². The van der Waals surface area contributed by atoms with Crippen LogP contribution in [0.4, 0.5) is 0 Å². The summed E-state index contributed by atoms with van der Waals surface area (Å²) in [5, 5.41) is 15.2. The molecule has 18 heavy (non-hydrogen) atoms. The lowest BCUT2D eigenvalue weighted by Crippen LogP contribution is -2.03. The van der Waals surface area contributed by atoms with E-state index in [1.165, 1.54) is 11.5 Å². The summed E-state index contributed by atoms with van der Waals surface area (Å²) in [5.41, 5.74) is 1.38. The van der Waals surface area contributed by atoms with Crippen molar-refractivity contribution in [2.24, 2.45) is 0 Å². The van der Waals surface area contributed by atoms with Gasteiger partial charge in [0, 0.05) is 5.56 Å². The lowest BCUT2D eigenvalue weighted by Gasteiger charge is -2.13. The van der Waals surface area contributed by atoms with E-state index in [9.17, 15) is 5.11 Å². The fourth-order valence-electron chi connectivity index (χ4n) is 1.67. The first-order valence-electron chi connectivity index (χ1n) is 5.46. The van der Waals surface area contributed by atoms with Gasteiger partial charge in [0.05, 0.1) is 20.6 Å². The Morgan fingerprint density at radius 2 is 2.00 bits per heavy atom. The van der Waals surface area contributed by atoms with E-state index in [1.807, 2.05) is 13.8 Å². The molecule has 0 saturated heterocycles. The predicted molar refractivity (Wildman–Crippen MR) is 74.5 cm³/mol. The normalized spacial score (nSPS) is 13.0. The van der Waals surface area contributed by atoms with Gasteiger partial charge in [-0.1, -0.05) is 53.7 Å². The number of aromatic nitrogens is 2. The highest BCUT2D eigenvalue weighted by molar-refractivity contribution is 7.05. The molecule has 1 N–H and O–H groups in total. The Bertz CT molecular complexity index is 557. The van der Waals surface area contributed by atoms with Crippen molar-refractivity contribution in [1.29, 1.82) is 0 Å². The topological polar surface area (TPSA) is 46.0 Å². The van der Waals surface area contributed by atoms with Gasteiger partial charge in [0.1, 0.15) is 6.10 Å². The molecule has 0 spiro atoms. The van der Waals surface area contributed by atoms with Crippen LogP contribution in [0.15, 0.2) is 18.2 Å². The second kappa shape index (κ2) is 5.53. The van der Waals surface area contributed by atoms with Crippen LogP contribution in [0.2, 0.25) is 10.0 Å². The molecule has 0 aliphatic carbocycles. The van der Waals surface area contributed by atoms with Crippen LogP contribution < -0.4 is 0 Å². The summed E-state index contributed by atoms with van der Waals surface area (Å²) in [5.74, 6) is 0.200. The molecule has 3 nitrogen and oxygen atoms in total. The number of rotatable bonds is 3. The first-order valence-corrected chi connectivity index (χ1v) is 6.99. The molecule has 0 bridgehead atoms. The quantitative estimate of drug-likeness (QED) is 0.930. The molecule has 0 aliphatic heterocycles. The van der Waals surface area contributed by atoms with Crippen molar-refractivity contribution in [3.63, 3.8) is 0 Å². The van der Waals surface area contributed by atoms with E-state index < -0.39 is 6.10 Å². The molecule has 1 heterocycles. The lowest BCUT2D eigenvalue weighted by atomic mass is 10.0. The van der Waals surface area contributed by atoms with E-state index in [4.69, 9.17) is 23.2 Å². The predicted octanol–water partition coefficient (Wildman–Crippen LogP) is 4.05. The van der Waals surface area contributed by atoms with Crippen LogP contribution in [0.3, 0.4) is 0 Å². The van der Waals surface area contributed by atoms with E-state index in [-0.39, 0.29) is 5.92 Å². The maximum absolute atomic E-state index is 10.4. The fourth-order valence-corrected chi connectivity index (χ4v) is 2.89. The Balaban J connectivity index is 2.45. The molecule has 1 atom stereocenters. The lowest BCUT2D eigenvalue weighted by molar-refractivity contribution is 0.222. The van der Waals surface area contributed by atoms with Crippen molar-refractivity contribution in [2.45, 2.75) is 25.9 Å². The van der Waals surface area contributed by atoms with E-state index in [0.717, 1.165) is 5.69 Å². The van der Waals surface area contributed by atoms with Crippen molar-refractivity contribution < 1.29 is 5.11 Å². The summed E-state index contributed by atoms with van der Waals surface area (Å²) in [4.78, 5) is 0.717. The summed E-state index contributed by atoms with van der Waals surface area (Å²) >= 11 is 13.2. The number of benzene rings is 1. The average molecular weight is 303 g/mol. The molecule has 6 heteroatoms. The van der Waals surface area contributed by atoms with Gasteiger partial charge in [0.25, 0.3) is 0 Å². The molecular weight excluding hydrogens is 291 g/mol. The van der Waals surface area contributed by atoms with Crippen LogP contribution >= 0.6 is 34.7 Å². The first kappa shape index (κ1) is 13.7. The second-order valence-electron chi connectivity index (χ2n) is 4.22. The molecule has 0 aliphatic rings. The third kappa shape index (κ3) is 2.52. The monoisotopic (exact) mass is 302 g/mol. The van der Waals surface area contributed by atoms with Gasteiger partial charge in [0.2, 0.25) is 0 Å². The molecule has 1 aromatic heterocycles. The molecule has 0 amide bonds. The number of aliphatic hydroxyl groups is 1. The second-order valence-corrected chi connectivity index (χ2v) is 5.79. The number of halogens is 2. The summed E-state index contributed by atoms with van der Waals surface area (Å²) in [7, 11) is 0. The molecule has 96 valence electrons. The molecular formula is C12H12Cl2N2OS. The van der Waals surface area contributed by atoms with Crippen LogP contribution in [0, 0.1) is 0 Å². The minimum Gasteiger partial charge on any atom is -0.383 e. The summed E-state index contributed by atoms with van der Waals surface area (Å²) in [6, 6.07) is 5.20. The highest BCUT2D eigenvalue weighted by atomic mass is 35.5. The molecule has 0 fully saturated rings. The molecule has 0 saturated carbocycles. The summed E-state index contributed by atoms with van der Waals surface area (Å²) < 4.78 is 3.90. The Labute approximate surface area is 120 Å². The van der Waals surface area contributed by atoms with Gasteiger partial charge in [-0.3, -0.25) is 0 Å². The van der Waals surface area contributed by atoms with Crippen molar-refractivity contribution >= 4 is 34.7 Å². The minimum absolute atomic E-state index is 0.200. The zero-order chi connectivity index (χ0) is 13.3. The zero-order valence-electron chi connectivity index (χ0n) is 9.89. The van der Waals surface area contributed by atoms with Crippen LogP contribution in [-0.4, -0.2) is 14.7 Å². The summed E-state index contributed by atoms with van der Waals surface area (Å²) in [6.45, 7) is 4.01. The van der Waals surface area contributed by atoms with Crippen molar-refractivity contribution in [3.05, 3.63) is 44.4 Å². The van der Waals surface area contributed by atoms with Crippen molar-refractivity contribution in [1.82, 2.24) is 9.59 Å². The van der Waals surface area contributed by atoms with Gasteiger partial charge < -0.3 is 5.11 Å². The molecule has 1 unspecified atom stereocenters. The van der Waals surface area contributed by atoms with Crippen LogP contribution in [0.25, 0.3) is 0 Å². The maximum atomic E-state index is 10.4. The van der Waals surface area contributed by atoms with Crippen LogP contribution in [0.5, 0.6) is 0 Å². The Morgan fingerprint density at radius 3 is 2.67 bits per heavy atom. The van der Waals surface area contributed by atoms with Gasteiger partial charge in [-0.25, -0.2) is 0 Å². The largest absolute Gasteiger partial charge is 0.383 e. The first-order chi connectivity index (χ1) is 8.52. The third-order valence-corrected chi connectivity index (χ3v) is 4.24. The van der Waals surface area contributed by atoms with Gasteiger partial charge in [0.15, 0.2) is 0 Å².